The van der Waals surface area contributed by atoms with Gasteiger partial charge < -0.3 is 19.2 Å². The van der Waals surface area contributed by atoms with E-state index in [4.69, 9.17) is 13.9 Å². The van der Waals surface area contributed by atoms with Gasteiger partial charge in [-0.15, -0.1) is 0 Å². The molecule has 0 fully saturated rings. The van der Waals surface area contributed by atoms with Crippen molar-refractivity contribution >= 4 is 22.7 Å². The molecule has 152 valence electrons. The maximum absolute atomic E-state index is 12.5. The number of aryl methyl sites for hydroxylation is 1. The minimum atomic E-state index is -0.108. The molecule has 0 radical (unpaired) electrons. The van der Waals surface area contributed by atoms with E-state index in [1.54, 1.807) is 14.2 Å². The predicted molar refractivity (Wildman–Crippen MR) is 116 cm³/mol. The van der Waals surface area contributed by atoms with E-state index < -0.39 is 0 Å². The van der Waals surface area contributed by atoms with Gasteiger partial charge in [0.1, 0.15) is 17.0 Å². The second-order valence-electron chi connectivity index (χ2n) is 6.77. The molecule has 4 aromatic rings. The molecule has 3 aromatic carbocycles. The zero-order valence-electron chi connectivity index (χ0n) is 16.8. The normalized spacial score (nSPS) is 10.7. The zero-order chi connectivity index (χ0) is 20.9. The minimum absolute atomic E-state index is 0.108. The SMILES string of the molecule is COc1ccc(-c2cc(NC(=O)CCc3nc4ccccc4o3)ccc2OC)cc1. The van der Waals surface area contributed by atoms with Crippen molar-refractivity contribution in [2.24, 2.45) is 0 Å². The first-order valence-electron chi connectivity index (χ1n) is 9.63. The van der Waals surface area contributed by atoms with Crippen molar-refractivity contribution < 1.29 is 18.7 Å². The fourth-order valence-electron chi connectivity index (χ4n) is 3.25. The lowest BCUT2D eigenvalue weighted by molar-refractivity contribution is -0.116. The Morgan fingerprint density at radius 1 is 1.00 bits per heavy atom. The number of aromatic nitrogens is 1. The molecule has 1 amide bonds. The number of carbonyl (C=O) groups excluding carboxylic acids is 1. The number of nitrogens with one attached hydrogen (secondary N) is 1. The third kappa shape index (κ3) is 4.27. The molecule has 0 spiro atoms. The molecule has 0 aliphatic heterocycles. The largest absolute Gasteiger partial charge is 0.497 e. The first-order chi connectivity index (χ1) is 14.7. The van der Waals surface area contributed by atoms with Crippen LogP contribution in [0.25, 0.3) is 22.2 Å². The third-order valence-electron chi connectivity index (χ3n) is 4.79. The lowest BCUT2D eigenvalue weighted by Gasteiger charge is -2.12. The van der Waals surface area contributed by atoms with Crippen molar-refractivity contribution in [3.63, 3.8) is 0 Å². The zero-order valence-corrected chi connectivity index (χ0v) is 16.8. The molecule has 0 unspecified atom stereocenters. The molecule has 0 aliphatic carbocycles. The number of ether oxygens (including phenoxy) is 2. The number of para-hydroxylation sites is 2. The first kappa shape index (κ1) is 19.5. The molecule has 0 aliphatic rings. The number of anilines is 1. The van der Waals surface area contributed by atoms with Crippen molar-refractivity contribution in [1.29, 1.82) is 0 Å². The highest BCUT2D eigenvalue weighted by molar-refractivity contribution is 5.92. The molecule has 6 heteroatoms. The smallest absolute Gasteiger partial charge is 0.224 e. The number of hydrogen-bond donors (Lipinski definition) is 1. The van der Waals surface area contributed by atoms with E-state index in [1.165, 1.54) is 0 Å². The number of hydrogen-bond acceptors (Lipinski definition) is 5. The fraction of sp³-hybridized carbons (Fsp3) is 0.167. The van der Waals surface area contributed by atoms with E-state index >= 15 is 0 Å². The summed E-state index contributed by atoms with van der Waals surface area (Å²) in [6.45, 7) is 0. The van der Waals surface area contributed by atoms with Crippen LogP contribution in [0, 0.1) is 0 Å². The third-order valence-corrected chi connectivity index (χ3v) is 4.79. The Morgan fingerprint density at radius 3 is 2.53 bits per heavy atom. The van der Waals surface area contributed by atoms with Gasteiger partial charge in [0.2, 0.25) is 5.91 Å². The van der Waals surface area contributed by atoms with E-state index in [1.807, 2.05) is 66.7 Å². The molecule has 30 heavy (non-hydrogen) atoms. The lowest BCUT2D eigenvalue weighted by Crippen LogP contribution is -2.12. The molecule has 1 N–H and O–H groups in total. The van der Waals surface area contributed by atoms with Gasteiger partial charge in [-0.3, -0.25) is 4.79 Å². The summed E-state index contributed by atoms with van der Waals surface area (Å²) in [6.07, 6.45) is 0.707. The predicted octanol–water partition coefficient (Wildman–Crippen LogP) is 5.08. The number of amides is 1. The summed E-state index contributed by atoms with van der Waals surface area (Å²) in [5.41, 5.74) is 4.08. The monoisotopic (exact) mass is 402 g/mol. The second-order valence-corrected chi connectivity index (χ2v) is 6.77. The molecule has 4 rings (SSSR count). The quantitative estimate of drug-likeness (QED) is 0.466. The van der Waals surface area contributed by atoms with Crippen molar-refractivity contribution in [3.8, 4) is 22.6 Å². The molecule has 0 bridgehead atoms. The lowest BCUT2D eigenvalue weighted by atomic mass is 10.0. The van der Waals surface area contributed by atoms with Gasteiger partial charge in [-0.2, -0.15) is 0 Å². The average Bonchev–Trinajstić information content (AvgIpc) is 3.21. The van der Waals surface area contributed by atoms with Gasteiger partial charge >= 0.3 is 0 Å². The molecule has 0 saturated carbocycles. The number of fused-ring (bicyclic) bond motifs is 1. The van der Waals surface area contributed by atoms with E-state index in [0.717, 1.165) is 33.7 Å². The van der Waals surface area contributed by atoms with Crippen LogP contribution in [-0.2, 0) is 11.2 Å². The number of nitrogens with zero attached hydrogens (tertiary/aromatic N) is 1. The van der Waals surface area contributed by atoms with Crippen LogP contribution in [0.2, 0.25) is 0 Å². The Hall–Kier alpha value is -3.80. The van der Waals surface area contributed by atoms with E-state index in [2.05, 4.69) is 10.3 Å². The van der Waals surface area contributed by atoms with Crippen LogP contribution in [0.15, 0.2) is 71.1 Å². The minimum Gasteiger partial charge on any atom is -0.497 e. The van der Waals surface area contributed by atoms with Gasteiger partial charge in [-0.1, -0.05) is 24.3 Å². The first-order valence-corrected chi connectivity index (χ1v) is 9.63. The Bertz CT molecular complexity index is 1130. The van der Waals surface area contributed by atoms with E-state index in [0.29, 0.717) is 18.0 Å². The van der Waals surface area contributed by atoms with Crippen LogP contribution in [0.5, 0.6) is 11.5 Å². The highest BCUT2D eigenvalue weighted by Gasteiger charge is 2.11. The number of methoxy groups -OCH3 is 2. The summed E-state index contributed by atoms with van der Waals surface area (Å²) < 4.78 is 16.4. The summed E-state index contributed by atoms with van der Waals surface area (Å²) in [6, 6.07) is 20.8. The van der Waals surface area contributed by atoms with Gasteiger partial charge in [0.25, 0.3) is 0 Å². The van der Waals surface area contributed by atoms with Crippen molar-refractivity contribution in [1.82, 2.24) is 4.98 Å². The van der Waals surface area contributed by atoms with Crippen LogP contribution in [0.4, 0.5) is 5.69 Å². The standard InChI is InChI=1S/C24H22N2O4/c1-28-18-10-7-16(8-11-18)19-15-17(9-12-21(19)29-2)25-23(27)13-14-24-26-20-5-3-4-6-22(20)30-24/h3-12,15H,13-14H2,1-2H3,(H,25,27). The molecule has 1 heterocycles. The molecular formula is C24H22N2O4. The van der Waals surface area contributed by atoms with Crippen LogP contribution in [0.1, 0.15) is 12.3 Å². The summed E-state index contributed by atoms with van der Waals surface area (Å²) in [5, 5.41) is 2.94. The van der Waals surface area contributed by atoms with Gasteiger partial charge in [-0.25, -0.2) is 4.98 Å². The van der Waals surface area contributed by atoms with E-state index in [9.17, 15) is 4.79 Å². The molecular weight excluding hydrogens is 380 g/mol. The fourth-order valence-corrected chi connectivity index (χ4v) is 3.25. The summed E-state index contributed by atoms with van der Waals surface area (Å²) in [7, 11) is 3.26. The van der Waals surface area contributed by atoms with Crippen LogP contribution in [0.3, 0.4) is 0 Å². The van der Waals surface area contributed by atoms with Crippen molar-refractivity contribution in [3.05, 3.63) is 72.6 Å². The average molecular weight is 402 g/mol. The molecule has 0 atom stereocenters. The van der Waals surface area contributed by atoms with Crippen LogP contribution in [-0.4, -0.2) is 25.1 Å². The number of benzene rings is 3. The molecule has 6 nitrogen and oxygen atoms in total. The van der Waals surface area contributed by atoms with Gasteiger partial charge in [0, 0.05) is 24.1 Å². The maximum Gasteiger partial charge on any atom is 0.224 e. The summed E-state index contributed by atoms with van der Waals surface area (Å²) >= 11 is 0. The topological polar surface area (TPSA) is 73.6 Å². The highest BCUT2D eigenvalue weighted by Crippen LogP contribution is 2.33. The Labute approximate surface area is 174 Å². The van der Waals surface area contributed by atoms with Crippen LogP contribution >= 0.6 is 0 Å². The van der Waals surface area contributed by atoms with Gasteiger partial charge in [-0.05, 0) is 48.0 Å². The van der Waals surface area contributed by atoms with E-state index in [-0.39, 0.29) is 12.3 Å². The van der Waals surface area contributed by atoms with Gasteiger partial charge in [0.05, 0.1) is 14.2 Å². The number of rotatable bonds is 7. The maximum atomic E-state index is 12.5. The molecule has 1 aromatic heterocycles. The number of oxazole rings is 1. The Kier molecular flexibility index (Phi) is 5.66. The van der Waals surface area contributed by atoms with Gasteiger partial charge in [0.15, 0.2) is 11.5 Å². The van der Waals surface area contributed by atoms with Crippen LogP contribution < -0.4 is 14.8 Å². The second kappa shape index (κ2) is 8.69. The summed E-state index contributed by atoms with van der Waals surface area (Å²) in [4.78, 5) is 16.9. The number of carbonyl (C=O) groups is 1. The Morgan fingerprint density at radius 2 is 1.80 bits per heavy atom. The summed E-state index contributed by atoms with van der Waals surface area (Å²) in [5.74, 6) is 1.95. The Balaban J connectivity index is 1.46. The highest BCUT2D eigenvalue weighted by atomic mass is 16.5. The molecule has 0 saturated heterocycles. The van der Waals surface area contributed by atoms with Crippen molar-refractivity contribution in [2.75, 3.05) is 19.5 Å². The van der Waals surface area contributed by atoms with Crippen molar-refractivity contribution in [2.45, 2.75) is 12.8 Å².